The summed E-state index contributed by atoms with van der Waals surface area (Å²) in [4.78, 5) is 30.5. The number of rotatable bonds is 7. The summed E-state index contributed by atoms with van der Waals surface area (Å²) in [5.41, 5.74) is 0.216. The monoisotopic (exact) mass is 332 g/mol. The number of hydrogen-bond acceptors (Lipinski definition) is 7. The second-order valence-corrected chi connectivity index (χ2v) is 4.50. The lowest BCUT2D eigenvalue weighted by Crippen LogP contribution is -2.14. The predicted molar refractivity (Wildman–Crippen MR) is 85.4 cm³/mol. The van der Waals surface area contributed by atoms with Crippen LogP contribution in [0.2, 0.25) is 0 Å². The topological polar surface area (TPSA) is 116 Å². The zero-order valence-electron chi connectivity index (χ0n) is 13.2. The molecule has 1 N–H and O–H groups in total. The molecule has 2 aromatic rings. The predicted octanol–water partition coefficient (Wildman–Crippen LogP) is 2.43. The third-order valence-corrected chi connectivity index (χ3v) is 2.85. The van der Waals surface area contributed by atoms with Crippen LogP contribution in [0.5, 0.6) is 11.9 Å². The first-order valence-electron chi connectivity index (χ1n) is 7.23. The molecule has 0 unspecified atom stereocenters. The number of amides is 1. The number of nitro benzene ring substituents is 1. The number of non-ortho nitro benzene ring substituents is 1. The smallest absolute Gasteiger partial charge is 0.319 e. The summed E-state index contributed by atoms with van der Waals surface area (Å²) in [7, 11) is 0. The molecule has 0 aliphatic rings. The van der Waals surface area contributed by atoms with Crippen molar-refractivity contribution in [1.29, 1.82) is 0 Å². The van der Waals surface area contributed by atoms with Crippen molar-refractivity contribution in [3.8, 4) is 11.9 Å². The van der Waals surface area contributed by atoms with Gasteiger partial charge >= 0.3 is 6.01 Å². The second-order valence-electron chi connectivity index (χ2n) is 4.50. The molecule has 1 heterocycles. The van der Waals surface area contributed by atoms with Crippen LogP contribution in [0.1, 0.15) is 24.2 Å². The molecule has 9 heteroatoms. The molecule has 0 atom stereocenters. The Balaban J connectivity index is 2.24. The summed E-state index contributed by atoms with van der Waals surface area (Å²) in [6.07, 6.45) is 1.36. The Kier molecular flexibility index (Phi) is 5.61. The molecule has 0 radical (unpaired) electrons. The molecule has 1 amide bonds. The first-order valence-corrected chi connectivity index (χ1v) is 7.23. The van der Waals surface area contributed by atoms with Crippen LogP contribution >= 0.6 is 0 Å². The number of ether oxygens (including phenoxy) is 2. The van der Waals surface area contributed by atoms with E-state index in [-0.39, 0.29) is 28.8 Å². The summed E-state index contributed by atoms with van der Waals surface area (Å²) >= 11 is 0. The standard InChI is InChI=1S/C15H16N4O5/c1-3-23-14-12(9-16-15(18-14)24-4-2)17-13(20)10-6-5-7-11(8-10)19(21)22/h5-9H,3-4H2,1-2H3,(H,17,20). The van der Waals surface area contributed by atoms with Gasteiger partial charge in [0.2, 0.25) is 5.88 Å². The number of aromatic nitrogens is 2. The Morgan fingerprint density at radius 1 is 1.29 bits per heavy atom. The molecule has 126 valence electrons. The van der Waals surface area contributed by atoms with Crippen LogP contribution < -0.4 is 14.8 Å². The quantitative estimate of drug-likeness (QED) is 0.611. The van der Waals surface area contributed by atoms with Crippen molar-refractivity contribution in [2.45, 2.75) is 13.8 Å². The fourth-order valence-electron chi connectivity index (χ4n) is 1.84. The van der Waals surface area contributed by atoms with Crippen LogP contribution in [0.3, 0.4) is 0 Å². The largest absolute Gasteiger partial charge is 0.476 e. The summed E-state index contributed by atoms with van der Waals surface area (Å²) in [5.74, 6) is -0.373. The van der Waals surface area contributed by atoms with Gasteiger partial charge in [0.1, 0.15) is 5.69 Å². The number of hydrogen-bond donors (Lipinski definition) is 1. The first kappa shape index (κ1) is 17.1. The molecular formula is C15H16N4O5. The Bertz CT molecular complexity index is 750. The van der Waals surface area contributed by atoms with Gasteiger partial charge in [-0.2, -0.15) is 4.98 Å². The van der Waals surface area contributed by atoms with Gasteiger partial charge in [0, 0.05) is 17.7 Å². The Morgan fingerprint density at radius 2 is 2.04 bits per heavy atom. The van der Waals surface area contributed by atoms with E-state index in [1.54, 1.807) is 13.8 Å². The van der Waals surface area contributed by atoms with Crippen LogP contribution in [0.4, 0.5) is 11.4 Å². The average molecular weight is 332 g/mol. The molecule has 0 spiro atoms. The van der Waals surface area contributed by atoms with Gasteiger partial charge in [-0.1, -0.05) is 6.07 Å². The van der Waals surface area contributed by atoms with E-state index in [9.17, 15) is 14.9 Å². The number of anilines is 1. The summed E-state index contributed by atoms with van der Waals surface area (Å²) in [5, 5.41) is 13.4. The fraction of sp³-hybridized carbons (Fsp3) is 0.267. The zero-order chi connectivity index (χ0) is 17.5. The minimum Gasteiger partial charge on any atom is -0.476 e. The van der Waals surface area contributed by atoms with E-state index in [4.69, 9.17) is 9.47 Å². The highest BCUT2D eigenvalue weighted by atomic mass is 16.6. The first-order chi connectivity index (χ1) is 11.5. The number of carbonyl (C=O) groups excluding carboxylic acids is 1. The minimum absolute atomic E-state index is 0.134. The van der Waals surface area contributed by atoms with Crippen LogP contribution in [-0.4, -0.2) is 34.0 Å². The van der Waals surface area contributed by atoms with Gasteiger partial charge in [0.25, 0.3) is 11.6 Å². The fourth-order valence-corrected chi connectivity index (χ4v) is 1.84. The van der Waals surface area contributed by atoms with Gasteiger partial charge in [-0.05, 0) is 19.9 Å². The number of nitro groups is 1. The van der Waals surface area contributed by atoms with Gasteiger partial charge in [-0.3, -0.25) is 14.9 Å². The third-order valence-electron chi connectivity index (χ3n) is 2.85. The highest BCUT2D eigenvalue weighted by molar-refractivity contribution is 6.05. The van der Waals surface area contributed by atoms with Gasteiger partial charge in [0.15, 0.2) is 0 Å². The molecule has 0 saturated carbocycles. The molecule has 0 bridgehead atoms. The van der Waals surface area contributed by atoms with Crippen LogP contribution in [0, 0.1) is 10.1 Å². The maximum atomic E-state index is 12.3. The number of benzene rings is 1. The molecule has 0 fully saturated rings. The lowest BCUT2D eigenvalue weighted by atomic mass is 10.2. The maximum absolute atomic E-state index is 12.3. The number of nitrogens with zero attached hydrogens (tertiary/aromatic N) is 3. The lowest BCUT2D eigenvalue weighted by molar-refractivity contribution is -0.384. The Hall–Kier alpha value is -3.23. The van der Waals surface area contributed by atoms with E-state index in [0.717, 1.165) is 0 Å². The second kappa shape index (κ2) is 7.86. The van der Waals surface area contributed by atoms with Gasteiger partial charge in [-0.15, -0.1) is 0 Å². The van der Waals surface area contributed by atoms with Crippen LogP contribution in [0.25, 0.3) is 0 Å². The van der Waals surface area contributed by atoms with Crippen molar-refractivity contribution in [2.24, 2.45) is 0 Å². The highest BCUT2D eigenvalue weighted by Gasteiger charge is 2.15. The SMILES string of the molecule is CCOc1ncc(NC(=O)c2cccc([N+](=O)[O-])c2)c(OCC)n1. The molecule has 24 heavy (non-hydrogen) atoms. The van der Waals surface area contributed by atoms with Crippen molar-refractivity contribution in [3.05, 3.63) is 46.1 Å². The summed E-state index contributed by atoms with van der Waals surface area (Å²) in [6, 6.07) is 5.53. The third kappa shape index (κ3) is 4.15. The van der Waals surface area contributed by atoms with Gasteiger partial charge < -0.3 is 14.8 Å². The molecule has 2 rings (SSSR count). The van der Waals surface area contributed by atoms with Crippen molar-refractivity contribution in [2.75, 3.05) is 18.5 Å². The van der Waals surface area contributed by atoms with Crippen LogP contribution in [-0.2, 0) is 0 Å². The molecule has 0 aliphatic heterocycles. The summed E-state index contributed by atoms with van der Waals surface area (Å²) in [6.45, 7) is 4.30. The normalized spacial score (nSPS) is 10.1. The van der Waals surface area contributed by atoms with Crippen molar-refractivity contribution < 1.29 is 19.2 Å². The van der Waals surface area contributed by atoms with E-state index < -0.39 is 10.8 Å². The summed E-state index contributed by atoms with van der Waals surface area (Å²) < 4.78 is 10.6. The maximum Gasteiger partial charge on any atom is 0.319 e. The minimum atomic E-state index is -0.567. The van der Waals surface area contributed by atoms with Crippen molar-refractivity contribution >= 4 is 17.3 Å². The van der Waals surface area contributed by atoms with Crippen molar-refractivity contribution in [1.82, 2.24) is 9.97 Å². The number of carbonyl (C=O) groups is 1. The lowest BCUT2D eigenvalue weighted by Gasteiger charge is -2.11. The number of nitrogens with one attached hydrogen (secondary N) is 1. The molecule has 0 saturated heterocycles. The Morgan fingerprint density at radius 3 is 2.71 bits per heavy atom. The molecular weight excluding hydrogens is 316 g/mol. The molecule has 9 nitrogen and oxygen atoms in total. The Labute approximate surface area is 137 Å². The van der Waals surface area contributed by atoms with E-state index in [2.05, 4.69) is 15.3 Å². The van der Waals surface area contributed by atoms with Gasteiger partial charge in [0.05, 0.1) is 24.3 Å². The van der Waals surface area contributed by atoms with E-state index in [1.807, 2.05) is 0 Å². The van der Waals surface area contributed by atoms with E-state index in [1.165, 1.54) is 30.5 Å². The van der Waals surface area contributed by atoms with Gasteiger partial charge in [-0.25, -0.2) is 4.98 Å². The van der Waals surface area contributed by atoms with Crippen molar-refractivity contribution in [3.63, 3.8) is 0 Å². The van der Waals surface area contributed by atoms with E-state index in [0.29, 0.717) is 13.2 Å². The molecule has 0 aliphatic carbocycles. The van der Waals surface area contributed by atoms with E-state index >= 15 is 0 Å². The zero-order valence-corrected chi connectivity index (χ0v) is 13.2. The highest BCUT2D eigenvalue weighted by Crippen LogP contribution is 2.24. The molecule has 1 aromatic heterocycles. The average Bonchev–Trinajstić information content (AvgIpc) is 2.57. The van der Waals surface area contributed by atoms with Crippen LogP contribution in [0.15, 0.2) is 30.5 Å². The molecule has 1 aromatic carbocycles.